The molecule has 2 rings (SSSR count). The molecule has 0 saturated carbocycles. The van der Waals surface area contributed by atoms with Crippen molar-refractivity contribution in [2.45, 2.75) is 40.3 Å². The molecule has 0 unspecified atom stereocenters. The van der Waals surface area contributed by atoms with Crippen LogP contribution < -0.4 is 15.4 Å². The third-order valence-electron chi connectivity index (χ3n) is 3.44. The van der Waals surface area contributed by atoms with Crippen LogP contribution in [0.3, 0.4) is 0 Å². The van der Waals surface area contributed by atoms with Crippen molar-refractivity contribution in [3.05, 3.63) is 41.2 Å². The van der Waals surface area contributed by atoms with Gasteiger partial charge >= 0.3 is 0 Å². The summed E-state index contributed by atoms with van der Waals surface area (Å²) in [4.78, 5) is 12.8. The van der Waals surface area contributed by atoms with E-state index in [1.54, 1.807) is 13.2 Å². The average molecular weight is 331 g/mol. The summed E-state index contributed by atoms with van der Waals surface area (Å²) in [5.74, 6) is 2.79. The van der Waals surface area contributed by atoms with Crippen LogP contribution in [0, 0.1) is 13.8 Å². The maximum atomic E-state index is 5.66. The minimum absolute atomic E-state index is 0.473. The first-order valence-electron chi connectivity index (χ1n) is 8.08. The molecule has 0 spiro atoms. The highest BCUT2D eigenvalue weighted by Crippen LogP contribution is 2.14. The van der Waals surface area contributed by atoms with Gasteiger partial charge < -0.3 is 19.8 Å². The van der Waals surface area contributed by atoms with Crippen LogP contribution in [-0.2, 0) is 13.1 Å². The summed E-state index contributed by atoms with van der Waals surface area (Å²) in [5, 5.41) is 6.42. The molecule has 0 fully saturated rings. The Morgan fingerprint density at radius 2 is 2.08 bits per heavy atom. The summed E-state index contributed by atoms with van der Waals surface area (Å²) in [5.41, 5.74) is 1.89. The van der Waals surface area contributed by atoms with Crippen molar-refractivity contribution in [3.8, 4) is 5.88 Å². The zero-order valence-corrected chi connectivity index (χ0v) is 14.7. The van der Waals surface area contributed by atoms with Crippen LogP contribution in [0.1, 0.15) is 36.3 Å². The minimum atomic E-state index is 0.473. The fourth-order valence-corrected chi connectivity index (χ4v) is 2.06. The lowest BCUT2D eigenvalue weighted by molar-refractivity contribution is 0.301. The maximum Gasteiger partial charge on any atom is 0.218 e. The molecule has 2 heterocycles. The van der Waals surface area contributed by atoms with Gasteiger partial charge in [-0.05, 0) is 26.3 Å². The van der Waals surface area contributed by atoms with Crippen molar-refractivity contribution in [2.75, 3.05) is 13.7 Å². The molecule has 130 valence electrons. The maximum absolute atomic E-state index is 5.66. The topological polar surface area (TPSA) is 84.6 Å². The Kier molecular flexibility index (Phi) is 6.60. The van der Waals surface area contributed by atoms with Crippen LogP contribution in [0.25, 0.3) is 0 Å². The van der Waals surface area contributed by atoms with Crippen LogP contribution in [-0.4, -0.2) is 29.6 Å². The summed E-state index contributed by atoms with van der Waals surface area (Å²) in [7, 11) is 1.72. The fraction of sp³-hybridized carbons (Fsp3) is 0.471. The Morgan fingerprint density at radius 3 is 2.75 bits per heavy atom. The lowest BCUT2D eigenvalue weighted by Crippen LogP contribution is -2.36. The number of hydrogen-bond acceptors (Lipinski definition) is 5. The molecule has 0 amide bonds. The molecule has 2 aromatic heterocycles. The molecule has 0 aromatic carbocycles. The number of aromatic nitrogens is 2. The summed E-state index contributed by atoms with van der Waals surface area (Å²) < 4.78 is 11.2. The van der Waals surface area contributed by atoms with Crippen LogP contribution in [0.15, 0.2) is 27.7 Å². The number of guanidine groups is 1. The second kappa shape index (κ2) is 8.90. The Balaban J connectivity index is 1.89. The van der Waals surface area contributed by atoms with E-state index in [1.165, 1.54) is 0 Å². The molecular formula is C17H25N5O2. The molecular weight excluding hydrogens is 306 g/mol. The normalized spacial score (nSPS) is 11.4. The van der Waals surface area contributed by atoms with Gasteiger partial charge in [0.05, 0.1) is 18.8 Å². The van der Waals surface area contributed by atoms with Gasteiger partial charge in [-0.2, -0.15) is 0 Å². The standard InChI is InChI=1S/C17H25N5O2/c1-5-9-23-16-14(7-6-8-19-16)10-20-17(18-4)21-11-15-22-12(2)13(3)24-15/h6-8H,5,9-11H2,1-4H3,(H2,18,20,21). The number of nitrogens with zero attached hydrogens (tertiary/aromatic N) is 3. The van der Waals surface area contributed by atoms with Gasteiger partial charge in [-0.25, -0.2) is 9.97 Å². The third kappa shape index (κ3) is 4.97. The largest absolute Gasteiger partial charge is 0.477 e. The van der Waals surface area contributed by atoms with Crippen LogP contribution in [0.5, 0.6) is 5.88 Å². The van der Waals surface area contributed by atoms with Gasteiger partial charge in [-0.3, -0.25) is 4.99 Å². The SMILES string of the molecule is CCCOc1ncccc1CNC(=NC)NCc1nc(C)c(C)o1. The average Bonchev–Trinajstić information content (AvgIpc) is 2.92. The zero-order chi connectivity index (χ0) is 17.4. The molecule has 2 N–H and O–H groups in total. The number of aliphatic imine (C=N–C) groups is 1. The lowest BCUT2D eigenvalue weighted by atomic mass is 10.2. The van der Waals surface area contributed by atoms with E-state index in [2.05, 4.69) is 32.5 Å². The Morgan fingerprint density at radius 1 is 1.29 bits per heavy atom. The van der Waals surface area contributed by atoms with Crippen LogP contribution in [0.4, 0.5) is 0 Å². The second-order valence-electron chi connectivity index (χ2n) is 5.34. The van der Waals surface area contributed by atoms with Crippen LogP contribution in [0.2, 0.25) is 0 Å². The van der Waals surface area contributed by atoms with Crippen molar-refractivity contribution < 1.29 is 9.15 Å². The number of hydrogen-bond donors (Lipinski definition) is 2. The van der Waals surface area contributed by atoms with Crippen molar-refractivity contribution >= 4 is 5.96 Å². The van der Waals surface area contributed by atoms with Gasteiger partial charge in [0.25, 0.3) is 0 Å². The van der Waals surface area contributed by atoms with Crippen molar-refractivity contribution in [2.24, 2.45) is 4.99 Å². The highest BCUT2D eigenvalue weighted by Gasteiger charge is 2.08. The molecule has 0 aliphatic heterocycles. The number of aryl methyl sites for hydroxylation is 2. The van der Waals surface area contributed by atoms with E-state index in [-0.39, 0.29) is 0 Å². The summed E-state index contributed by atoms with van der Waals surface area (Å²) in [6.07, 6.45) is 2.68. The molecule has 0 aliphatic carbocycles. The fourth-order valence-electron chi connectivity index (χ4n) is 2.06. The molecule has 0 aliphatic rings. The number of pyridine rings is 1. The van der Waals surface area contributed by atoms with E-state index >= 15 is 0 Å². The second-order valence-corrected chi connectivity index (χ2v) is 5.34. The van der Waals surface area contributed by atoms with E-state index in [9.17, 15) is 0 Å². The molecule has 0 radical (unpaired) electrons. The number of oxazole rings is 1. The van der Waals surface area contributed by atoms with Gasteiger partial charge in [-0.15, -0.1) is 0 Å². The Bertz CT molecular complexity index is 662. The van der Waals surface area contributed by atoms with Crippen LogP contribution >= 0.6 is 0 Å². The number of ether oxygens (including phenoxy) is 1. The Labute approximate surface area is 142 Å². The van der Waals surface area contributed by atoms with E-state index in [1.807, 2.05) is 26.0 Å². The summed E-state index contributed by atoms with van der Waals surface area (Å²) in [6.45, 7) is 7.59. The third-order valence-corrected chi connectivity index (χ3v) is 3.44. The molecule has 0 atom stereocenters. The van der Waals surface area contributed by atoms with Crippen molar-refractivity contribution in [1.82, 2.24) is 20.6 Å². The molecule has 0 bridgehead atoms. The first-order valence-corrected chi connectivity index (χ1v) is 8.08. The molecule has 0 saturated heterocycles. The highest BCUT2D eigenvalue weighted by atomic mass is 16.5. The molecule has 2 aromatic rings. The smallest absolute Gasteiger partial charge is 0.218 e. The van der Waals surface area contributed by atoms with Gasteiger partial charge in [-0.1, -0.05) is 13.0 Å². The van der Waals surface area contributed by atoms with Crippen molar-refractivity contribution in [1.29, 1.82) is 0 Å². The van der Waals surface area contributed by atoms with Gasteiger partial charge in [0, 0.05) is 25.4 Å². The first-order chi connectivity index (χ1) is 11.6. The minimum Gasteiger partial charge on any atom is -0.477 e. The molecule has 24 heavy (non-hydrogen) atoms. The molecule has 7 heteroatoms. The predicted octanol–water partition coefficient (Wildman–Crippen LogP) is 2.34. The van der Waals surface area contributed by atoms with Crippen molar-refractivity contribution in [3.63, 3.8) is 0 Å². The van der Waals surface area contributed by atoms with E-state index < -0.39 is 0 Å². The van der Waals surface area contributed by atoms with E-state index in [0.717, 1.165) is 23.4 Å². The predicted molar refractivity (Wildman–Crippen MR) is 93.0 cm³/mol. The first kappa shape index (κ1) is 17.8. The summed E-state index contributed by atoms with van der Waals surface area (Å²) >= 11 is 0. The van der Waals surface area contributed by atoms with E-state index in [0.29, 0.717) is 37.4 Å². The van der Waals surface area contributed by atoms with E-state index in [4.69, 9.17) is 9.15 Å². The van der Waals surface area contributed by atoms with Gasteiger partial charge in [0.2, 0.25) is 11.8 Å². The number of nitrogens with one attached hydrogen (secondary N) is 2. The molecule has 7 nitrogen and oxygen atoms in total. The zero-order valence-electron chi connectivity index (χ0n) is 14.7. The van der Waals surface area contributed by atoms with Gasteiger partial charge in [0.15, 0.2) is 5.96 Å². The Hall–Kier alpha value is -2.57. The van der Waals surface area contributed by atoms with Gasteiger partial charge in [0.1, 0.15) is 5.76 Å². The quantitative estimate of drug-likeness (QED) is 0.598. The summed E-state index contributed by atoms with van der Waals surface area (Å²) in [6, 6.07) is 3.88. The number of rotatable bonds is 7. The lowest BCUT2D eigenvalue weighted by Gasteiger charge is -2.13. The monoisotopic (exact) mass is 331 g/mol. The highest BCUT2D eigenvalue weighted by molar-refractivity contribution is 5.79.